The summed E-state index contributed by atoms with van der Waals surface area (Å²) in [4.78, 5) is 2.89. The van der Waals surface area contributed by atoms with Crippen LogP contribution in [0, 0.1) is 4.84 Å². The summed E-state index contributed by atoms with van der Waals surface area (Å²) in [6, 6.07) is 12.2. The van der Waals surface area contributed by atoms with Gasteiger partial charge < -0.3 is 9.15 Å². The molecule has 32 heavy (non-hydrogen) atoms. The summed E-state index contributed by atoms with van der Waals surface area (Å²) in [7, 11) is -2.33. The number of aromatic nitrogens is 1. The van der Waals surface area contributed by atoms with Crippen LogP contribution >= 0.6 is 12.2 Å². The zero-order chi connectivity index (χ0) is 22.7. The summed E-state index contributed by atoms with van der Waals surface area (Å²) >= 11 is 5.48. The second-order valence-corrected chi connectivity index (χ2v) is 10.1. The van der Waals surface area contributed by atoms with Crippen molar-refractivity contribution in [3.63, 3.8) is 0 Å². The Morgan fingerprint density at radius 1 is 1.19 bits per heavy atom. The first-order valence-electron chi connectivity index (χ1n) is 11.0. The standard InChI is InChI=1S/C23H29N3O4S2/c1-3-25(17-9-5-4-6-10-17)16-26-20-15-18(13-14-22(20)30-23(26)31)32(27,28)24-19-11-7-8-12-21(19)29-2/h7-8,11-15,17,24H,3-6,9-10,16H2,1-2H3. The van der Waals surface area contributed by atoms with Crippen LogP contribution in [-0.4, -0.2) is 37.6 Å². The lowest BCUT2D eigenvalue weighted by Gasteiger charge is -2.33. The first-order valence-corrected chi connectivity index (χ1v) is 12.9. The Bertz CT molecular complexity index is 1240. The summed E-state index contributed by atoms with van der Waals surface area (Å²) < 4.78 is 41.8. The van der Waals surface area contributed by atoms with Crippen molar-refractivity contribution in [1.29, 1.82) is 0 Å². The van der Waals surface area contributed by atoms with Gasteiger partial charge in [-0.15, -0.1) is 0 Å². The van der Waals surface area contributed by atoms with Crippen molar-refractivity contribution in [2.24, 2.45) is 0 Å². The van der Waals surface area contributed by atoms with Crippen LogP contribution in [0.4, 0.5) is 5.69 Å². The number of fused-ring (bicyclic) bond motifs is 1. The van der Waals surface area contributed by atoms with Crippen LogP contribution in [0.15, 0.2) is 51.8 Å². The molecular weight excluding hydrogens is 446 g/mol. The monoisotopic (exact) mass is 475 g/mol. The van der Waals surface area contributed by atoms with Gasteiger partial charge in [0, 0.05) is 6.04 Å². The number of sulfonamides is 1. The fourth-order valence-corrected chi connectivity index (χ4v) is 5.71. The van der Waals surface area contributed by atoms with Gasteiger partial charge in [-0.3, -0.25) is 14.2 Å². The predicted molar refractivity (Wildman–Crippen MR) is 128 cm³/mol. The van der Waals surface area contributed by atoms with E-state index in [1.165, 1.54) is 45.3 Å². The summed E-state index contributed by atoms with van der Waals surface area (Å²) in [5, 5.41) is 0. The topological polar surface area (TPSA) is 76.7 Å². The molecule has 1 aromatic heterocycles. The Kier molecular flexibility index (Phi) is 6.88. The Morgan fingerprint density at radius 3 is 2.66 bits per heavy atom. The molecule has 0 atom stereocenters. The van der Waals surface area contributed by atoms with Gasteiger partial charge in [-0.1, -0.05) is 38.3 Å². The molecule has 0 radical (unpaired) electrons. The lowest BCUT2D eigenvalue weighted by Crippen LogP contribution is -2.37. The fraction of sp³-hybridized carbons (Fsp3) is 0.435. The predicted octanol–water partition coefficient (Wildman–Crippen LogP) is 5.39. The molecule has 172 valence electrons. The van der Waals surface area contributed by atoms with Crippen LogP contribution in [0.5, 0.6) is 5.75 Å². The molecule has 1 fully saturated rings. The smallest absolute Gasteiger partial charge is 0.270 e. The summed E-state index contributed by atoms with van der Waals surface area (Å²) in [6.07, 6.45) is 6.15. The molecule has 0 saturated heterocycles. The molecule has 4 rings (SSSR count). The van der Waals surface area contributed by atoms with Gasteiger partial charge in [-0.25, -0.2) is 8.42 Å². The van der Waals surface area contributed by atoms with E-state index in [1.807, 2.05) is 4.57 Å². The number of nitrogens with zero attached hydrogens (tertiary/aromatic N) is 2. The lowest BCUT2D eigenvalue weighted by atomic mass is 9.94. The largest absolute Gasteiger partial charge is 0.495 e. The van der Waals surface area contributed by atoms with E-state index in [1.54, 1.807) is 36.4 Å². The highest BCUT2D eigenvalue weighted by molar-refractivity contribution is 7.92. The van der Waals surface area contributed by atoms with E-state index in [9.17, 15) is 8.42 Å². The Balaban J connectivity index is 1.67. The van der Waals surface area contributed by atoms with E-state index in [0.717, 1.165) is 6.54 Å². The molecule has 2 aromatic carbocycles. The Morgan fingerprint density at radius 2 is 1.94 bits per heavy atom. The van der Waals surface area contributed by atoms with Gasteiger partial charge in [0.25, 0.3) is 14.9 Å². The minimum atomic E-state index is -3.83. The third-order valence-corrected chi connectivity index (χ3v) is 7.79. The van der Waals surface area contributed by atoms with Crippen LogP contribution < -0.4 is 9.46 Å². The summed E-state index contributed by atoms with van der Waals surface area (Å²) in [5.74, 6) is 0.453. The molecule has 0 aliphatic heterocycles. The molecular formula is C23H29N3O4S2. The molecule has 0 amide bonds. The number of rotatable bonds is 8. The molecule has 0 bridgehead atoms. The molecule has 1 aliphatic rings. The number of oxazole rings is 1. The van der Waals surface area contributed by atoms with E-state index in [-0.39, 0.29) is 4.90 Å². The van der Waals surface area contributed by atoms with Crippen molar-refractivity contribution in [3.05, 3.63) is 47.3 Å². The minimum Gasteiger partial charge on any atom is -0.495 e. The lowest BCUT2D eigenvalue weighted by molar-refractivity contribution is 0.126. The highest BCUT2D eigenvalue weighted by Crippen LogP contribution is 2.29. The normalized spacial score (nSPS) is 15.3. The van der Waals surface area contributed by atoms with Gasteiger partial charge in [0.1, 0.15) is 5.75 Å². The number of hydrogen-bond donors (Lipinski definition) is 1. The zero-order valence-electron chi connectivity index (χ0n) is 18.4. The Hall–Kier alpha value is -2.36. The van der Waals surface area contributed by atoms with Gasteiger partial charge >= 0.3 is 0 Å². The van der Waals surface area contributed by atoms with Crippen LogP contribution in [0.25, 0.3) is 11.1 Å². The average Bonchev–Trinajstić information content (AvgIpc) is 3.12. The van der Waals surface area contributed by atoms with Crippen LogP contribution in [-0.2, 0) is 16.7 Å². The molecule has 1 N–H and O–H groups in total. The van der Waals surface area contributed by atoms with E-state index in [0.29, 0.717) is 40.1 Å². The molecule has 1 saturated carbocycles. The van der Waals surface area contributed by atoms with Crippen LogP contribution in [0.2, 0.25) is 0 Å². The molecule has 0 spiro atoms. The zero-order valence-corrected chi connectivity index (χ0v) is 20.0. The molecule has 7 nitrogen and oxygen atoms in total. The summed E-state index contributed by atoms with van der Waals surface area (Å²) in [5.41, 5.74) is 1.63. The third-order valence-electron chi connectivity index (χ3n) is 6.12. The summed E-state index contributed by atoms with van der Waals surface area (Å²) in [6.45, 7) is 3.62. The van der Waals surface area contributed by atoms with Crippen molar-refractivity contribution >= 4 is 39.0 Å². The quantitative estimate of drug-likeness (QED) is 0.441. The Labute approximate surface area is 194 Å². The van der Waals surface area contributed by atoms with Gasteiger partial charge in [0.05, 0.1) is 29.9 Å². The highest BCUT2D eigenvalue weighted by Gasteiger charge is 2.23. The van der Waals surface area contributed by atoms with Crippen molar-refractivity contribution in [2.45, 2.75) is 56.6 Å². The third kappa shape index (κ3) is 4.69. The fourth-order valence-electron chi connectivity index (χ4n) is 4.38. The second-order valence-electron chi connectivity index (χ2n) is 8.07. The van der Waals surface area contributed by atoms with Crippen LogP contribution in [0.3, 0.4) is 0 Å². The first kappa shape index (κ1) is 22.8. The van der Waals surface area contributed by atoms with Crippen molar-refractivity contribution < 1.29 is 17.6 Å². The van der Waals surface area contributed by atoms with Gasteiger partial charge in [-0.05, 0) is 61.9 Å². The first-order chi connectivity index (χ1) is 15.4. The molecule has 1 heterocycles. The maximum absolute atomic E-state index is 13.1. The highest BCUT2D eigenvalue weighted by atomic mass is 32.2. The SMILES string of the molecule is CCN(Cn1c(=S)oc2ccc(S(=O)(=O)Nc3ccccc3OC)cc21)C1CCCCC1. The van der Waals surface area contributed by atoms with Crippen molar-refractivity contribution in [1.82, 2.24) is 9.47 Å². The number of hydrogen-bond acceptors (Lipinski definition) is 6. The van der Waals surface area contributed by atoms with E-state index < -0.39 is 10.0 Å². The van der Waals surface area contributed by atoms with E-state index in [2.05, 4.69) is 16.5 Å². The van der Waals surface area contributed by atoms with Gasteiger partial charge in [0.2, 0.25) is 0 Å². The van der Waals surface area contributed by atoms with Crippen LogP contribution in [0.1, 0.15) is 39.0 Å². The number of anilines is 1. The number of benzene rings is 2. The molecule has 1 aliphatic carbocycles. The van der Waals surface area contributed by atoms with Crippen molar-refractivity contribution in [2.75, 3.05) is 18.4 Å². The number of para-hydroxylation sites is 2. The van der Waals surface area contributed by atoms with Gasteiger partial charge in [-0.2, -0.15) is 0 Å². The molecule has 3 aromatic rings. The maximum atomic E-state index is 13.1. The van der Waals surface area contributed by atoms with Crippen molar-refractivity contribution in [3.8, 4) is 5.75 Å². The number of nitrogens with one attached hydrogen (secondary N) is 1. The number of ether oxygens (including phenoxy) is 1. The maximum Gasteiger partial charge on any atom is 0.270 e. The molecule has 0 unspecified atom stereocenters. The second kappa shape index (κ2) is 9.64. The van der Waals surface area contributed by atoms with Gasteiger partial charge in [0.15, 0.2) is 5.58 Å². The van der Waals surface area contributed by atoms with E-state index in [4.69, 9.17) is 21.4 Å². The average molecular weight is 476 g/mol. The molecule has 9 heteroatoms. The van der Waals surface area contributed by atoms with E-state index >= 15 is 0 Å². The minimum absolute atomic E-state index is 0.140. The number of methoxy groups -OCH3 is 1.